The number of hydrogen-bond donors (Lipinski definition) is 3. The van der Waals surface area contributed by atoms with Gasteiger partial charge in [-0.05, 0) is 67.3 Å². The van der Waals surface area contributed by atoms with Gasteiger partial charge in [0.2, 0.25) is 0 Å². The topological polar surface area (TPSA) is 96.2 Å². The molecule has 2 rings (SSSR count). The van der Waals surface area contributed by atoms with E-state index in [9.17, 15) is 15.0 Å². The van der Waals surface area contributed by atoms with Crippen molar-refractivity contribution >= 4 is 29.2 Å². The molecule has 2 atom stereocenters. The van der Waals surface area contributed by atoms with Crippen LogP contribution in [0.3, 0.4) is 0 Å². The van der Waals surface area contributed by atoms with E-state index in [1.165, 1.54) is 0 Å². The summed E-state index contributed by atoms with van der Waals surface area (Å²) in [6.07, 6.45) is -1.24. The molecule has 0 heterocycles. The lowest BCUT2D eigenvalue weighted by molar-refractivity contribution is -0.139. The number of halogens is 2. The molecule has 2 aromatic carbocycles. The van der Waals surface area contributed by atoms with E-state index in [0.29, 0.717) is 28.8 Å². The zero-order chi connectivity index (χ0) is 22.1. The number of carboxylic acids is 1. The third-order valence-corrected chi connectivity index (χ3v) is 4.83. The van der Waals surface area contributed by atoms with Crippen LogP contribution in [-0.2, 0) is 11.2 Å². The van der Waals surface area contributed by atoms with Crippen LogP contribution in [0.15, 0.2) is 36.4 Å². The SMILES string of the molecule is Cc1cc(Cl)cc(CCCOc2ccc(Cl)cc2)c1OCC(O)C[C@@H](O)CC(=O)O. The van der Waals surface area contributed by atoms with Crippen LogP contribution in [0.5, 0.6) is 11.5 Å². The lowest BCUT2D eigenvalue weighted by atomic mass is 10.0. The van der Waals surface area contributed by atoms with Crippen molar-refractivity contribution in [2.75, 3.05) is 13.2 Å². The molecule has 6 nitrogen and oxygen atoms in total. The largest absolute Gasteiger partial charge is 0.494 e. The van der Waals surface area contributed by atoms with Crippen LogP contribution in [0.2, 0.25) is 10.0 Å². The molecule has 0 radical (unpaired) electrons. The van der Waals surface area contributed by atoms with Gasteiger partial charge in [0.15, 0.2) is 0 Å². The quantitative estimate of drug-likeness (QED) is 0.412. The monoisotopic (exact) mass is 456 g/mol. The number of ether oxygens (including phenoxy) is 2. The molecule has 0 aliphatic heterocycles. The third-order valence-electron chi connectivity index (χ3n) is 4.36. The van der Waals surface area contributed by atoms with E-state index in [4.69, 9.17) is 37.8 Å². The summed E-state index contributed by atoms with van der Waals surface area (Å²) in [4.78, 5) is 10.6. The van der Waals surface area contributed by atoms with Gasteiger partial charge in [0.05, 0.1) is 25.2 Å². The van der Waals surface area contributed by atoms with Crippen LogP contribution in [-0.4, -0.2) is 46.7 Å². The average Bonchev–Trinajstić information content (AvgIpc) is 2.65. The maximum absolute atomic E-state index is 10.6. The Morgan fingerprint density at radius 2 is 1.73 bits per heavy atom. The molecule has 0 aliphatic rings. The zero-order valence-corrected chi connectivity index (χ0v) is 18.2. The number of aryl methyl sites for hydroxylation is 2. The van der Waals surface area contributed by atoms with Crippen molar-refractivity contribution < 1.29 is 29.6 Å². The number of aliphatic hydroxyl groups is 2. The van der Waals surface area contributed by atoms with Crippen LogP contribution in [0.4, 0.5) is 0 Å². The second-order valence-corrected chi connectivity index (χ2v) is 7.94. The molecule has 164 valence electrons. The van der Waals surface area contributed by atoms with Gasteiger partial charge >= 0.3 is 5.97 Å². The summed E-state index contributed by atoms with van der Waals surface area (Å²) in [7, 11) is 0. The van der Waals surface area contributed by atoms with E-state index in [-0.39, 0.29) is 13.0 Å². The molecule has 0 saturated heterocycles. The van der Waals surface area contributed by atoms with Crippen LogP contribution in [0.25, 0.3) is 0 Å². The summed E-state index contributed by atoms with van der Waals surface area (Å²) in [5.74, 6) is 0.242. The maximum Gasteiger partial charge on any atom is 0.305 e. The van der Waals surface area contributed by atoms with Crippen LogP contribution < -0.4 is 9.47 Å². The number of aliphatic hydroxyl groups excluding tert-OH is 2. The van der Waals surface area contributed by atoms with Crippen molar-refractivity contribution in [2.45, 2.75) is 44.8 Å². The smallest absolute Gasteiger partial charge is 0.305 e. The van der Waals surface area contributed by atoms with Gasteiger partial charge in [-0.15, -0.1) is 0 Å². The molecule has 0 bridgehead atoms. The van der Waals surface area contributed by atoms with Crippen molar-refractivity contribution in [3.63, 3.8) is 0 Å². The highest BCUT2D eigenvalue weighted by molar-refractivity contribution is 6.31. The summed E-state index contributed by atoms with van der Waals surface area (Å²) in [5, 5.41) is 29.6. The molecule has 30 heavy (non-hydrogen) atoms. The first-order valence-corrected chi connectivity index (χ1v) is 10.4. The number of rotatable bonds is 12. The Kier molecular flexibility index (Phi) is 9.72. The summed E-state index contributed by atoms with van der Waals surface area (Å²) < 4.78 is 11.5. The minimum Gasteiger partial charge on any atom is -0.494 e. The zero-order valence-electron chi connectivity index (χ0n) is 16.7. The lowest BCUT2D eigenvalue weighted by Gasteiger charge is -2.19. The summed E-state index contributed by atoms with van der Waals surface area (Å²) in [5.41, 5.74) is 1.72. The average molecular weight is 457 g/mol. The number of hydrogen-bond acceptors (Lipinski definition) is 5. The Morgan fingerprint density at radius 1 is 1.03 bits per heavy atom. The number of carboxylic acid groups (broad SMARTS) is 1. The second kappa shape index (κ2) is 12.0. The molecule has 0 amide bonds. The highest BCUT2D eigenvalue weighted by Crippen LogP contribution is 2.29. The van der Waals surface area contributed by atoms with E-state index < -0.39 is 24.6 Å². The fourth-order valence-electron chi connectivity index (χ4n) is 3.02. The van der Waals surface area contributed by atoms with Crippen LogP contribution >= 0.6 is 23.2 Å². The Morgan fingerprint density at radius 3 is 2.40 bits per heavy atom. The van der Waals surface area contributed by atoms with E-state index in [2.05, 4.69) is 0 Å². The van der Waals surface area contributed by atoms with Crippen molar-refractivity contribution in [1.82, 2.24) is 0 Å². The van der Waals surface area contributed by atoms with E-state index in [1.54, 1.807) is 30.3 Å². The van der Waals surface area contributed by atoms with Crippen molar-refractivity contribution in [3.8, 4) is 11.5 Å². The molecule has 2 aromatic rings. The summed E-state index contributed by atoms with van der Waals surface area (Å²) in [6.45, 7) is 2.30. The molecule has 0 saturated carbocycles. The first kappa shape index (κ1) is 24.3. The van der Waals surface area contributed by atoms with Crippen LogP contribution in [0.1, 0.15) is 30.4 Å². The molecular weight excluding hydrogens is 431 g/mol. The van der Waals surface area contributed by atoms with Gasteiger partial charge in [-0.1, -0.05) is 23.2 Å². The Bertz CT molecular complexity index is 825. The fourth-order valence-corrected chi connectivity index (χ4v) is 3.44. The normalized spacial score (nSPS) is 13.0. The summed E-state index contributed by atoms with van der Waals surface area (Å²) >= 11 is 12.1. The van der Waals surface area contributed by atoms with Crippen LogP contribution in [0, 0.1) is 6.92 Å². The van der Waals surface area contributed by atoms with E-state index in [0.717, 1.165) is 23.3 Å². The number of aliphatic carboxylic acids is 1. The van der Waals surface area contributed by atoms with Crippen molar-refractivity contribution in [2.24, 2.45) is 0 Å². The molecule has 3 N–H and O–H groups in total. The van der Waals surface area contributed by atoms with E-state index in [1.807, 2.05) is 13.0 Å². The first-order chi connectivity index (χ1) is 14.2. The van der Waals surface area contributed by atoms with Gasteiger partial charge in [0, 0.05) is 16.5 Å². The Hall–Kier alpha value is -1.99. The molecular formula is C22H26Cl2O6. The highest BCUT2D eigenvalue weighted by atomic mass is 35.5. The summed E-state index contributed by atoms with van der Waals surface area (Å²) in [6, 6.07) is 10.7. The maximum atomic E-state index is 10.6. The minimum absolute atomic E-state index is 0.0621. The molecule has 1 unspecified atom stereocenters. The fraction of sp³-hybridized carbons (Fsp3) is 0.409. The van der Waals surface area contributed by atoms with Gasteiger partial charge in [-0.2, -0.15) is 0 Å². The first-order valence-electron chi connectivity index (χ1n) is 9.62. The third kappa shape index (κ3) is 8.40. The molecule has 8 heteroatoms. The lowest BCUT2D eigenvalue weighted by Crippen LogP contribution is -2.25. The Labute approximate surface area is 186 Å². The van der Waals surface area contributed by atoms with Crippen molar-refractivity contribution in [3.05, 3.63) is 57.6 Å². The predicted octanol–water partition coefficient (Wildman–Crippen LogP) is 4.28. The minimum atomic E-state index is -1.13. The van der Waals surface area contributed by atoms with Gasteiger partial charge in [0.25, 0.3) is 0 Å². The van der Waals surface area contributed by atoms with Gasteiger partial charge < -0.3 is 24.8 Å². The molecule has 0 fully saturated rings. The Balaban J connectivity index is 1.90. The molecule has 0 aliphatic carbocycles. The van der Waals surface area contributed by atoms with Gasteiger partial charge in [-0.3, -0.25) is 4.79 Å². The predicted molar refractivity (Wildman–Crippen MR) is 116 cm³/mol. The van der Waals surface area contributed by atoms with Gasteiger partial charge in [-0.25, -0.2) is 0 Å². The number of carbonyl (C=O) groups is 1. The standard InChI is InChI=1S/C22H26Cl2O6/c1-14-9-17(24)10-15(3-2-8-29-20-6-4-16(23)5-7-20)22(14)30-13-19(26)11-18(25)12-21(27)28/h4-7,9-10,18-19,25-26H,2-3,8,11-13H2,1H3,(H,27,28)/t18-,19?/m1/s1. The van der Waals surface area contributed by atoms with Crippen molar-refractivity contribution in [1.29, 1.82) is 0 Å². The van der Waals surface area contributed by atoms with E-state index >= 15 is 0 Å². The highest BCUT2D eigenvalue weighted by Gasteiger charge is 2.17. The van der Waals surface area contributed by atoms with Gasteiger partial charge in [0.1, 0.15) is 18.1 Å². The molecule has 0 spiro atoms. The second-order valence-electron chi connectivity index (χ2n) is 7.07. The number of benzene rings is 2. The molecule has 0 aromatic heterocycles.